The number of piperidine rings is 1. The van der Waals surface area contributed by atoms with Crippen LogP contribution in [0.25, 0.3) is 0 Å². The third kappa shape index (κ3) is 2.81. The Kier molecular flexibility index (Phi) is 4.22. The molecule has 4 heteroatoms. The number of nitrogens with one attached hydrogen (secondary N) is 1. The summed E-state index contributed by atoms with van der Waals surface area (Å²) >= 11 is 0. The fourth-order valence-electron chi connectivity index (χ4n) is 3.57. The van der Waals surface area contributed by atoms with Gasteiger partial charge < -0.3 is 10.2 Å². The van der Waals surface area contributed by atoms with Crippen LogP contribution < -0.4 is 10.2 Å². The Bertz CT molecular complexity index is 463. The van der Waals surface area contributed by atoms with E-state index in [1.54, 1.807) is 12.1 Å². The Balaban J connectivity index is 1.78. The van der Waals surface area contributed by atoms with Crippen molar-refractivity contribution in [3.63, 3.8) is 0 Å². The number of halogens is 1. The van der Waals surface area contributed by atoms with Gasteiger partial charge in [0, 0.05) is 37.9 Å². The minimum absolute atomic E-state index is 0.143. The van der Waals surface area contributed by atoms with Crippen molar-refractivity contribution in [2.45, 2.75) is 31.8 Å². The first-order valence-corrected chi connectivity index (χ1v) is 7.70. The van der Waals surface area contributed by atoms with E-state index in [-0.39, 0.29) is 5.82 Å². The minimum Gasteiger partial charge on any atom is -0.368 e. The molecule has 3 nitrogen and oxygen atoms in total. The SMILES string of the molecule is CNCc1cc(F)ccc1N1CCN2CCCCC2C1. The molecular formula is C16H24FN3. The first-order valence-electron chi connectivity index (χ1n) is 7.70. The first kappa shape index (κ1) is 13.8. The summed E-state index contributed by atoms with van der Waals surface area (Å²) in [5.74, 6) is -0.143. The minimum atomic E-state index is -0.143. The Labute approximate surface area is 120 Å². The summed E-state index contributed by atoms with van der Waals surface area (Å²) in [5.41, 5.74) is 2.27. The molecule has 0 aromatic heterocycles. The molecule has 3 rings (SSSR count). The van der Waals surface area contributed by atoms with Crippen molar-refractivity contribution >= 4 is 5.69 Å². The van der Waals surface area contributed by atoms with Crippen LogP contribution in [-0.4, -0.2) is 44.2 Å². The summed E-state index contributed by atoms with van der Waals surface area (Å²) in [7, 11) is 1.91. The van der Waals surface area contributed by atoms with Crippen LogP contribution in [-0.2, 0) is 6.54 Å². The Morgan fingerprint density at radius 2 is 2.15 bits per heavy atom. The molecule has 2 saturated heterocycles. The van der Waals surface area contributed by atoms with Gasteiger partial charge in [-0.1, -0.05) is 6.42 Å². The van der Waals surface area contributed by atoms with E-state index in [1.807, 2.05) is 13.1 Å². The second kappa shape index (κ2) is 6.10. The zero-order valence-corrected chi connectivity index (χ0v) is 12.2. The van der Waals surface area contributed by atoms with Crippen molar-refractivity contribution in [1.82, 2.24) is 10.2 Å². The van der Waals surface area contributed by atoms with Crippen LogP contribution in [0.1, 0.15) is 24.8 Å². The quantitative estimate of drug-likeness (QED) is 0.914. The van der Waals surface area contributed by atoms with E-state index < -0.39 is 0 Å². The third-order valence-electron chi connectivity index (χ3n) is 4.59. The van der Waals surface area contributed by atoms with Gasteiger partial charge in [0.2, 0.25) is 0 Å². The van der Waals surface area contributed by atoms with Crippen molar-refractivity contribution in [2.75, 3.05) is 38.1 Å². The van der Waals surface area contributed by atoms with Gasteiger partial charge in [-0.15, -0.1) is 0 Å². The Morgan fingerprint density at radius 3 is 3.00 bits per heavy atom. The van der Waals surface area contributed by atoms with Gasteiger partial charge in [-0.2, -0.15) is 0 Å². The summed E-state index contributed by atoms with van der Waals surface area (Å²) in [6, 6.07) is 5.88. The van der Waals surface area contributed by atoms with Crippen LogP contribution in [0.5, 0.6) is 0 Å². The highest BCUT2D eigenvalue weighted by Gasteiger charge is 2.29. The van der Waals surface area contributed by atoms with Crippen LogP contribution in [0.2, 0.25) is 0 Å². The first-order chi connectivity index (χ1) is 9.78. The van der Waals surface area contributed by atoms with E-state index in [9.17, 15) is 4.39 Å². The molecule has 1 N–H and O–H groups in total. The van der Waals surface area contributed by atoms with Gasteiger partial charge in [0.1, 0.15) is 5.82 Å². The normalized spacial score (nSPS) is 23.7. The zero-order valence-electron chi connectivity index (χ0n) is 12.2. The molecule has 0 saturated carbocycles. The second-order valence-electron chi connectivity index (χ2n) is 5.93. The molecule has 1 aromatic rings. The van der Waals surface area contributed by atoms with E-state index in [2.05, 4.69) is 15.1 Å². The molecule has 0 amide bonds. The zero-order chi connectivity index (χ0) is 13.9. The molecule has 2 aliphatic heterocycles. The molecule has 110 valence electrons. The van der Waals surface area contributed by atoms with Gasteiger partial charge in [-0.05, 0) is 50.2 Å². The van der Waals surface area contributed by atoms with Crippen molar-refractivity contribution in [1.29, 1.82) is 0 Å². The predicted octanol–water partition coefficient (Wildman–Crippen LogP) is 2.22. The summed E-state index contributed by atoms with van der Waals surface area (Å²) in [6.45, 7) is 5.26. The maximum Gasteiger partial charge on any atom is 0.123 e. The molecule has 0 spiro atoms. The van der Waals surface area contributed by atoms with Crippen molar-refractivity contribution in [3.8, 4) is 0 Å². The highest BCUT2D eigenvalue weighted by atomic mass is 19.1. The molecule has 1 aromatic carbocycles. The third-order valence-corrected chi connectivity index (χ3v) is 4.59. The van der Waals surface area contributed by atoms with E-state index in [0.717, 1.165) is 31.7 Å². The smallest absolute Gasteiger partial charge is 0.123 e. The number of anilines is 1. The molecule has 1 unspecified atom stereocenters. The lowest BCUT2D eigenvalue weighted by atomic mass is 9.98. The summed E-state index contributed by atoms with van der Waals surface area (Å²) in [6.07, 6.45) is 4.00. The molecule has 2 aliphatic rings. The predicted molar refractivity (Wildman–Crippen MR) is 80.6 cm³/mol. The van der Waals surface area contributed by atoms with Crippen LogP contribution >= 0.6 is 0 Å². The number of hydrogen-bond donors (Lipinski definition) is 1. The lowest BCUT2D eigenvalue weighted by molar-refractivity contribution is 0.133. The van der Waals surface area contributed by atoms with Gasteiger partial charge in [0.05, 0.1) is 0 Å². The Morgan fingerprint density at radius 1 is 1.25 bits per heavy atom. The number of rotatable bonds is 3. The molecule has 2 heterocycles. The average Bonchev–Trinajstić information content (AvgIpc) is 2.47. The number of hydrogen-bond acceptors (Lipinski definition) is 3. The maximum absolute atomic E-state index is 13.5. The number of nitrogens with zero attached hydrogens (tertiary/aromatic N) is 2. The summed E-state index contributed by atoms with van der Waals surface area (Å²) < 4.78 is 13.5. The molecule has 0 radical (unpaired) electrons. The lowest BCUT2D eigenvalue weighted by Gasteiger charge is -2.45. The van der Waals surface area contributed by atoms with E-state index in [4.69, 9.17) is 0 Å². The van der Waals surface area contributed by atoms with Crippen LogP contribution in [0.4, 0.5) is 10.1 Å². The molecule has 0 bridgehead atoms. The Hall–Kier alpha value is -1.13. The van der Waals surface area contributed by atoms with Gasteiger partial charge in [0.15, 0.2) is 0 Å². The monoisotopic (exact) mass is 277 g/mol. The van der Waals surface area contributed by atoms with Gasteiger partial charge in [-0.3, -0.25) is 4.90 Å². The topological polar surface area (TPSA) is 18.5 Å². The van der Waals surface area contributed by atoms with E-state index >= 15 is 0 Å². The van der Waals surface area contributed by atoms with E-state index in [1.165, 1.54) is 31.5 Å². The molecule has 20 heavy (non-hydrogen) atoms. The molecule has 2 fully saturated rings. The van der Waals surface area contributed by atoms with Crippen molar-refractivity contribution in [2.24, 2.45) is 0 Å². The van der Waals surface area contributed by atoms with Crippen LogP contribution in [0, 0.1) is 5.82 Å². The lowest BCUT2D eigenvalue weighted by Crippen LogP contribution is -2.55. The number of fused-ring (bicyclic) bond motifs is 1. The largest absolute Gasteiger partial charge is 0.368 e. The van der Waals surface area contributed by atoms with Gasteiger partial charge in [-0.25, -0.2) is 4.39 Å². The molecule has 1 atom stereocenters. The number of benzene rings is 1. The van der Waals surface area contributed by atoms with Crippen LogP contribution in [0.3, 0.4) is 0 Å². The van der Waals surface area contributed by atoms with Gasteiger partial charge >= 0.3 is 0 Å². The second-order valence-corrected chi connectivity index (χ2v) is 5.93. The fourth-order valence-corrected chi connectivity index (χ4v) is 3.57. The van der Waals surface area contributed by atoms with Crippen molar-refractivity contribution < 1.29 is 4.39 Å². The fraction of sp³-hybridized carbons (Fsp3) is 0.625. The highest BCUT2D eigenvalue weighted by Crippen LogP contribution is 2.27. The highest BCUT2D eigenvalue weighted by molar-refractivity contribution is 5.54. The summed E-state index contributed by atoms with van der Waals surface area (Å²) in [5, 5.41) is 3.14. The molecular weight excluding hydrogens is 253 g/mol. The van der Waals surface area contributed by atoms with Crippen molar-refractivity contribution in [3.05, 3.63) is 29.6 Å². The van der Waals surface area contributed by atoms with Gasteiger partial charge in [0.25, 0.3) is 0 Å². The van der Waals surface area contributed by atoms with Crippen LogP contribution in [0.15, 0.2) is 18.2 Å². The summed E-state index contributed by atoms with van der Waals surface area (Å²) in [4.78, 5) is 5.07. The standard InChI is InChI=1S/C16H24FN3/c1-18-11-13-10-14(17)5-6-16(13)20-9-8-19-7-3-2-4-15(19)12-20/h5-6,10,15,18H,2-4,7-9,11-12H2,1H3. The maximum atomic E-state index is 13.5. The average molecular weight is 277 g/mol. The number of piperazine rings is 1. The molecule has 0 aliphatic carbocycles. The van der Waals surface area contributed by atoms with E-state index in [0.29, 0.717) is 6.04 Å².